The average molecular weight is 388 g/mol. The number of benzene rings is 2. The summed E-state index contributed by atoms with van der Waals surface area (Å²) in [5.41, 5.74) is 4.48. The maximum atomic E-state index is 8.93. The Morgan fingerprint density at radius 1 is 1.21 bits per heavy atom. The second kappa shape index (κ2) is 8.98. The third-order valence-electron chi connectivity index (χ3n) is 3.92. The molecule has 1 aromatic heterocycles. The molecule has 2 aromatic carbocycles. The van der Waals surface area contributed by atoms with Crippen LogP contribution in [0.3, 0.4) is 0 Å². The summed E-state index contributed by atoms with van der Waals surface area (Å²) >= 11 is 1.53. The SMILES string of the molecule is C=C(C)CN=c1scc(-c2ccc(OC)cc2)n1N=Cc1ccc(C#N)cc1. The molecule has 0 unspecified atom stereocenters. The minimum Gasteiger partial charge on any atom is -0.497 e. The van der Waals surface area contributed by atoms with E-state index in [2.05, 4.69) is 22.7 Å². The summed E-state index contributed by atoms with van der Waals surface area (Å²) < 4.78 is 7.07. The minimum atomic E-state index is 0.551. The molecule has 0 aliphatic carbocycles. The van der Waals surface area contributed by atoms with E-state index in [1.807, 2.05) is 53.4 Å². The molecule has 0 N–H and O–H groups in total. The van der Waals surface area contributed by atoms with Crippen LogP contribution in [0, 0.1) is 11.3 Å². The van der Waals surface area contributed by atoms with Crippen LogP contribution in [0.1, 0.15) is 18.1 Å². The highest BCUT2D eigenvalue weighted by Crippen LogP contribution is 2.23. The highest BCUT2D eigenvalue weighted by Gasteiger charge is 2.08. The number of hydrogen-bond donors (Lipinski definition) is 0. The topological polar surface area (TPSA) is 62.7 Å². The molecule has 0 aliphatic heterocycles. The fourth-order valence-electron chi connectivity index (χ4n) is 2.45. The molecule has 0 saturated carbocycles. The number of nitriles is 1. The van der Waals surface area contributed by atoms with Gasteiger partial charge in [0.25, 0.3) is 0 Å². The number of aromatic nitrogens is 1. The zero-order valence-electron chi connectivity index (χ0n) is 15.8. The Kier molecular flexibility index (Phi) is 6.20. The van der Waals surface area contributed by atoms with E-state index in [-0.39, 0.29) is 0 Å². The van der Waals surface area contributed by atoms with Crippen molar-refractivity contribution in [2.24, 2.45) is 10.1 Å². The minimum absolute atomic E-state index is 0.551. The molecule has 0 radical (unpaired) electrons. The van der Waals surface area contributed by atoms with Crippen LogP contribution >= 0.6 is 11.3 Å². The van der Waals surface area contributed by atoms with E-state index in [1.54, 1.807) is 25.5 Å². The van der Waals surface area contributed by atoms with Crippen LogP contribution in [-0.2, 0) is 0 Å². The van der Waals surface area contributed by atoms with Crippen molar-refractivity contribution >= 4 is 17.6 Å². The third-order valence-corrected chi connectivity index (χ3v) is 4.77. The van der Waals surface area contributed by atoms with E-state index in [0.29, 0.717) is 12.1 Å². The summed E-state index contributed by atoms with van der Waals surface area (Å²) in [6.45, 7) is 6.42. The number of methoxy groups -OCH3 is 1. The molecule has 3 rings (SSSR count). The zero-order chi connectivity index (χ0) is 19.9. The fourth-order valence-corrected chi connectivity index (χ4v) is 3.29. The van der Waals surface area contributed by atoms with Crippen molar-refractivity contribution in [1.82, 2.24) is 4.68 Å². The van der Waals surface area contributed by atoms with Crippen molar-refractivity contribution in [3.63, 3.8) is 0 Å². The molecular weight excluding hydrogens is 368 g/mol. The molecule has 1 heterocycles. The lowest BCUT2D eigenvalue weighted by molar-refractivity contribution is 0.415. The van der Waals surface area contributed by atoms with Crippen LogP contribution in [0.4, 0.5) is 0 Å². The number of thiazole rings is 1. The van der Waals surface area contributed by atoms with Crippen LogP contribution in [0.2, 0.25) is 0 Å². The van der Waals surface area contributed by atoms with Crippen LogP contribution in [0.5, 0.6) is 5.75 Å². The molecule has 0 aliphatic rings. The first-order chi connectivity index (χ1) is 13.6. The summed E-state index contributed by atoms with van der Waals surface area (Å²) in [5, 5.41) is 15.6. The predicted molar refractivity (Wildman–Crippen MR) is 114 cm³/mol. The van der Waals surface area contributed by atoms with Gasteiger partial charge in [0.15, 0.2) is 0 Å². The van der Waals surface area contributed by atoms with Gasteiger partial charge in [0.05, 0.1) is 37.2 Å². The normalized spacial score (nSPS) is 11.5. The van der Waals surface area contributed by atoms with E-state index in [1.165, 1.54) is 11.3 Å². The molecule has 3 aromatic rings. The maximum absolute atomic E-state index is 8.93. The van der Waals surface area contributed by atoms with E-state index in [9.17, 15) is 0 Å². The first-order valence-corrected chi connectivity index (χ1v) is 9.53. The lowest BCUT2D eigenvalue weighted by atomic mass is 10.1. The number of hydrogen-bond acceptors (Lipinski definition) is 5. The van der Waals surface area contributed by atoms with Crippen molar-refractivity contribution < 1.29 is 4.74 Å². The molecule has 6 heteroatoms. The Morgan fingerprint density at radius 2 is 1.93 bits per heavy atom. The van der Waals surface area contributed by atoms with Crippen molar-refractivity contribution in [1.29, 1.82) is 5.26 Å². The first-order valence-electron chi connectivity index (χ1n) is 8.65. The van der Waals surface area contributed by atoms with Gasteiger partial charge in [0.2, 0.25) is 4.80 Å². The predicted octanol–water partition coefficient (Wildman–Crippen LogP) is 4.46. The molecule has 5 nitrogen and oxygen atoms in total. The van der Waals surface area contributed by atoms with E-state index >= 15 is 0 Å². The van der Waals surface area contributed by atoms with Crippen LogP contribution in [-0.4, -0.2) is 24.5 Å². The Labute approximate surface area is 168 Å². The van der Waals surface area contributed by atoms with Crippen molar-refractivity contribution in [3.05, 3.63) is 82.0 Å². The molecule has 28 heavy (non-hydrogen) atoms. The summed E-state index contributed by atoms with van der Waals surface area (Å²) in [7, 11) is 1.65. The molecular formula is C22H20N4OS. The summed E-state index contributed by atoms with van der Waals surface area (Å²) in [5.74, 6) is 0.804. The second-order valence-corrected chi connectivity index (χ2v) is 7.03. The Morgan fingerprint density at radius 3 is 2.54 bits per heavy atom. The fraction of sp³-hybridized carbons (Fsp3) is 0.136. The van der Waals surface area contributed by atoms with Gasteiger partial charge in [-0.25, -0.2) is 4.68 Å². The van der Waals surface area contributed by atoms with Gasteiger partial charge >= 0.3 is 0 Å². The van der Waals surface area contributed by atoms with Crippen LogP contribution < -0.4 is 9.54 Å². The Hall–Kier alpha value is -3.43. The van der Waals surface area contributed by atoms with Crippen LogP contribution in [0.15, 0.2) is 76.2 Å². The molecule has 0 spiro atoms. The molecule has 140 valence electrons. The molecule has 0 saturated heterocycles. The smallest absolute Gasteiger partial charge is 0.206 e. The highest BCUT2D eigenvalue weighted by molar-refractivity contribution is 7.07. The average Bonchev–Trinajstić information content (AvgIpc) is 3.14. The highest BCUT2D eigenvalue weighted by atomic mass is 32.1. The lowest BCUT2D eigenvalue weighted by Gasteiger charge is -2.05. The summed E-state index contributed by atoms with van der Waals surface area (Å²) in [6.07, 6.45) is 1.76. The van der Waals surface area contributed by atoms with Crippen LogP contribution in [0.25, 0.3) is 11.3 Å². The summed E-state index contributed by atoms with van der Waals surface area (Å²) in [6, 6.07) is 17.2. The number of ether oxygens (including phenoxy) is 1. The van der Waals surface area contributed by atoms with Crippen molar-refractivity contribution in [2.45, 2.75) is 6.92 Å². The number of nitrogens with zero attached hydrogens (tertiary/aromatic N) is 4. The first kappa shape index (κ1) is 19.3. The van der Waals surface area contributed by atoms with Gasteiger partial charge in [-0.05, 0) is 48.9 Å². The lowest BCUT2D eigenvalue weighted by Crippen LogP contribution is -2.13. The standard InChI is InChI=1S/C22H20N4OS/c1-16(2)13-24-22-26(25-14-18-6-4-17(12-23)5-7-18)21(15-28-22)19-8-10-20(27-3)11-9-19/h4-11,14-15H,1,13H2,2-3H3. The van der Waals surface area contributed by atoms with Gasteiger partial charge in [-0.3, -0.25) is 4.99 Å². The largest absolute Gasteiger partial charge is 0.497 e. The van der Waals surface area contributed by atoms with Gasteiger partial charge in [-0.15, -0.1) is 11.3 Å². The Balaban J connectivity index is 2.02. The molecule has 0 amide bonds. The van der Waals surface area contributed by atoms with Gasteiger partial charge in [-0.1, -0.05) is 24.3 Å². The third kappa shape index (κ3) is 4.64. The summed E-state index contributed by atoms with van der Waals surface area (Å²) in [4.78, 5) is 5.42. The van der Waals surface area contributed by atoms with E-state index < -0.39 is 0 Å². The van der Waals surface area contributed by atoms with Crippen molar-refractivity contribution in [3.8, 4) is 23.1 Å². The number of rotatable bonds is 6. The second-order valence-electron chi connectivity index (χ2n) is 6.20. The van der Waals surface area contributed by atoms with Gasteiger partial charge in [-0.2, -0.15) is 10.4 Å². The zero-order valence-corrected chi connectivity index (χ0v) is 16.6. The molecule has 0 bridgehead atoms. The monoisotopic (exact) mass is 388 g/mol. The van der Waals surface area contributed by atoms with E-state index in [0.717, 1.165) is 32.9 Å². The van der Waals surface area contributed by atoms with Gasteiger partial charge < -0.3 is 4.74 Å². The van der Waals surface area contributed by atoms with E-state index in [4.69, 9.17) is 10.00 Å². The van der Waals surface area contributed by atoms with Gasteiger partial charge in [0.1, 0.15) is 5.75 Å². The Bertz CT molecular complexity index is 1100. The quantitative estimate of drug-likeness (QED) is 0.462. The maximum Gasteiger partial charge on any atom is 0.206 e. The van der Waals surface area contributed by atoms with Crippen molar-refractivity contribution in [2.75, 3.05) is 13.7 Å². The van der Waals surface area contributed by atoms with Gasteiger partial charge in [0, 0.05) is 10.9 Å². The molecule has 0 atom stereocenters. The molecule has 0 fully saturated rings.